The van der Waals surface area contributed by atoms with E-state index in [0.29, 0.717) is 24.9 Å². The minimum absolute atomic E-state index is 0.128. The third-order valence-electron chi connectivity index (χ3n) is 3.92. The van der Waals surface area contributed by atoms with Crippen LogP contribution in [0.15, 0.2) is 42.5 Å². The first-order valence-corrected chi connectivity index (χ1v) is 8.32. The van der Waals surface area contributed by atoms with Gasteiger partial charge in [0.1, 0.15) is 0 Å². The minimum atomic E-state index is -0.377. The summed E-state index contributed by atoms with van der Waals surface area (Å²) in [6, 6.07) is 13.4. The van der Waals surface area contributed by atoms with Crippen LogP contribution in [0.2, 0.25) is 0 Å². The standard InChI is InChI=1S/C19H24N2O3/c1-2-17(22)9-11-20-18(23)10-12-21-19(24)16-8-7-14-5-3-4-6-15(14)13-16/h3-8,13,17,22H,2,9-12H2,1H3,(H,20,23)(H,21,24). The first-order chi connectivity index (χ1) is 11.6. The van der Waals surface area contributed by atoms with Gasteiger partial charge in [-0.05, 0) is 35.7 Å². The van der Waals surface area contributed by atoms with E-state index in [2.05, 4.69) is 10.6 Å². The van der Waals surface area contributed by atoms with Gasteiger partial charge in [-0.15, -0.1) is 0 Å². The van der Waals surface area contributed by atoms with Crippen LogP contribution in [0.4, 0.5) is 0 Å². The van der Waals surface area contributed by atoms with E-state index in [4.69, 9.17) is 0 Å². The van der Waals surface area contributed by atoms with E-state index in [1.807, 2.05) is 43.3 Å². The molecule has 0 aliphatic heterocycles. The van der Waals surface area contributed by atoms with Gasteiger partial charge in [0, 0.05) is 25.1 Å². The monoisotopic (exact) mass is 328 g/mol. The summed E-state index contributed by atoms with van der Waals surface area (Å²) in [6.07, 6.45) is 1.07. The van der Waals surface area contributed by atoms with Crippen LogP contribution in [0, 0.1) is 0 Å². The van der Waals surface area contributed by atoms with Gasteiger partial charge in [-0.25, -0.2) is 0 Å². The van der Waals surface area contributed by atoms with E-state index in [9.17, 15) is 14.7 Å². The molecular formula is C19H24N2O3. The minimum Gasteiger partial charge on any atom is -0.393 e. The highest BCUT2D eigenvalue weighted by Crippen LogP contribution is 2.15. The first-order valence-electron chi connectivity index (χ1n) is 8.32. The topological polar surface area (TPSA) is 78.4 Å². The van der Waals surface area contributed by atoms with E-state index in [-0.39, 0.29) is 30.9 Å². The number of nitrogens with one attached hydrogen (secondary N) is 2. The highest BCUT2D eigenvalue weighted by atomic mass is 16.3. The predicted octanol–water partition coefficient (Wildman–Crippen LogP) is 2.24. The number of carbonyl (C=O) groups is 2. The molecule has 5 nitrogen and oxygen atoms in total. The molecule has 2 aromatic carbocycles. The SMILES string of the molecule is CCC(O)CCNC(=O)CCNC(=O)c1ccc2ccccc2c1. The second-order valence-electron chi connectivity index (χ2n) is 5.77. The maximum absolute atomic E-state index is 12.1. The Morgan fingerprint density at radius 1 is 1.04 bits per heavy atom. The van der Waals surface area contributed by atoms with Crippen molar-refractivity contribution in [2.24, 2.45) is 0 Å². The Morgan fingerprint density at radius 2 is 1.79 bits per heavy atom. The quantitative estimate of drug-likeness (QED) is 0.695. The van der Waals surface area contributed by atoms with Crippen molar-refractivity contribution in [3.8, 4) is 0 Å². The number of carbonyl (C=O) groups excluding carboxylic acids is 2. The van der Waals surface area contributed by atoms with Crippen LogP contribution in [-0.2, 0) is 4.79 Å². The predicted molar refractivity (Wildman–Crippen MR) is 94.8 cm³/mol. The Hall–Kier alpha value is -2.40. The summed E-state index contributed by atoms with van der Waals surface area (Å²) >= 11 is 0. The van der Waals surface area contributed by atoms with Gasteiger partial charge in [0.15, 0.2) is 0 Å². The molecule has 128 valence electrons. The van der Waals surface area contributed by atoms with Crippen molar-refractivity contribution in [3.05, 3.63) is 48.0 Å². The zero-order valence-corrected chi connectivity index (χ0v) is 13.9. The molecule has 0 heterocycles. The molecule has 24 heavy (non-hydrogen) atoms. The smallest absolute Gasteiger partial charge is 0.251 e. The number of hydrogen-bond donors (Lipinski definition) is 3. The average Bonchev–Trinajstić information content (AvgIpc) is 2.61. The van der Waals surface area contributed by atoms with Crippen molar-refractivity contribution in [2.45, 2.75) is 32.3 Å². The molecule has 2 amide bonds. The van der Waals surface area contributed by atoms with E-state index in [1.165, 1.54) is 0 Å². The highest BCUT2D eigenvalue weighted by molar-refractivity contribution is 5.98. The van der Waals surface area contributed by atoms with Crippen molar-refractivity contribution >= 4 is 22.6 Å². The molecule has 5 heteroatoms. The van der Waals surface area contributed by atoms with Crippen molar-refractivity contribution in [1.29, 1.82) is 0 Å². The lowest BCUT2D eigenvalue weighted by molar-refractivity contribution is -0.121. The largest absolute Gasteiger partial charge is 0.393 e. The first kappa shape index (κ1) is 17.9. The Bertz CT molecular complexity index is 700. The second kappa shape index (κ2) is 9.03. The number of aliphatic hydroxyl groups excluding tert-OH is 1. The Kier molecular flexibility index (Phi) is 6.75. The summed E-state index contributed by atoms with van der Waals surface area (Å²) < 4.78 is 0. The molecule has 1 unspecified atom stereocenters. The molecule has 2 rings (SSSR count). The lowest BCUT2D eigenvalue weighted by atomic mass is 10.1. The number of aliphatic hydroxyl groups is 1. The third kappa shape index (κ3) is 5.35. The number of amides is 2. The van der Waals surface area contributed by atoms with E-state index in [0.717, 1.165) is 10.8 Å². The molecule has 0 spiro atoms. The van der Waals surface area contributed by atoms with Crippen LogP contribution in [0.1, 0.15) is 36.5 Å². The Labute approximate surface area is 142 Å². The van der Waals surface area contributed by atoms with Gasteiger partial charge in [-0.2, -0.15) is 0 Å². The Morgan fingerprint density at radius 3 is 2.54 bits per heavy atom. The fourth-order valence-electron chi connectivity index (χ4n) is 2.39. The molecule has 3 N–H and O–H groups in total. The summed E-state index contributed by atoms with van der Waals surface area (Å²) in [5.41, 5.74) is 0.583. The third-order valence-corrected chi connectivity index (χ3v) is 3.92. The molecule has 1 atom stereocenters. The maximum Gasteiger partial charge on any atom is 0.251 e. The lowest BCUT2D eigenvalue weighted by Gasteiger charge is -2.09. The second-order valence-corrected chi connectivity index (χ2v) is 5.77. The summed E-state index contributed by atoms with van der Waals surface area (Å²) in [4.78, 5) is 23.8. The zero-order chi connectivity index (χ0) is 17.4. The van der Waals surface area contributed by atoms with Crippen molar-refractivity contribution < 1.29 is 14.7 Å². The van der Waals surface area contributed by atoms with Crippen LogP contribution in [-0.4, -0.2) is 36.1 Å². The van der Waals surface area contributed by atoms with Gasteiger partial charge in [0.25, 0.3) is 5.91 Å². The number of benzene rings is 2. The van der Waals surface area contributed by atoms with Crippen LogP contribution in [0.5, 0.6) is 0 Å². The molecule has 0 bridgehead atoms. The van der Waals surface area contributed by atoms with Crippen molar-refractivity contribution in [3.63, 3.8) is 0 Å². The van der Waals surface area contributed by atoms with E-state index >= 15 is 0 Å². The fourth-order valence-corrected chi connectivity index (χ4v) is 2.39. The number of rotatable bonds is 8. The van der Waals surface area contributed by atoms with Crippen molar-refractivity contribution in [1.82, 2.24) is 10.6 Å². The van der Waals surface area contributed by atoms with Gasteiger partial charge in [0.05, 0.1) is 6.10 Å². The van der Waals surface area contributed by atoms with Crippen LogP contribution >= 0.6 is 0 Å². The van der Waals surface area contributed by atoms with Crippen LogP contribution in [0.25, 0.3) is 10.8 Å². The number of fused-ring (bicyclic) bond motifs is 1. The van der Waals surface area contributed by atoms with E-state index in [1.54, 1.807) is 6.07 Å². The molecule has 2 aromatic rings. The van der Waals surface area contributed by atoms with Gasteiger partial charge in [-0.1, -0.05) is 37.3 Å². The zero-order valence-electron chi connectivity index (χ0n) is 13.9. The Balaban J connectivity index is 1.75. The average molecular weight is 328 g/mol. The van der Waals surface area contributed by atoms with Crippen molar-refractivity contribution in [2.75, 3.05) is 13.1 Å². The molecule has 0 aromatic heterocycles. The van der Waals surface area contributed by atoms with Gasteiger partial charge in [-0.3, -0.25) is 9.59 Å². The molecule has 0 saturated carbocycles. The lowest BCUT2D eigenvalue weighted by Crippen LogP contribution is -2.32. The summed E-state index contributed by atoms with van der Waals surface area (Å²) in [7, 11) is 0. The van der Waals surface area contributed by atoms with Gasteiger partial charge >= 0.3 is 0 Å². The highest BCUT2D eigenvalue weighted by Gasteiger charge is 2.08. The number of hydrogen-bond acceptors (Lipinski definition) is 3. The van der Waals surface area contributed by atoms with Gasteiger partial charge < -0.3 is 15.7 Å². The fraction of sp³-hybridized carbons (Fsp3) is 0.368. The summed E-state index contributed by atoms with van der Waals surface area (Å²) in [5.74, 6) is -0.313. The molecule has 0 fully saturated rings. The molecule has 0 aliphatic carbocycles. The van der Waals surface area contributed by atoms with Gasteiger partial charge in [0.2, 0.25) is 5.91 Å². The molecule has 0 radical (unpaired) electrons. The molecule has 0 saturated heterocycles. The van der Waals surface area contributed by atoms with E-state index < -0.39 is 0 Å². The normalized spacial score (nSPS) is 11.9. The maximum atomic E-state index is 12.1. The summed E-state index contributed by atoms with van der Waals surface area (Å²) in [6.45, 7) is 2.63. The molecule has 0 aliphatic rings. The molecular weight excluding hydrogens is 304 g/mol. The summed E-state index contributed by atoms with van der Waals surface area (Å²) in [5, 5.41) is 17.0. The van der Waals surface area contributed by atoms with Crippen LogP contribution in [0.3, 0.4) is 0 Å². The van der Waals surface area contributed by atoms with Crippen LogP contribution < -0.4 is 10.6 Å².